The molecular weight excluding hydrogens is 345 g/mol. The topological polar surface area (TPSA) is 72.5 Å². The minimum Gasteiger partial charge on any atom is -0.463 e. The third-order valence-electron chi connectivity index (χ3n) is 2.71. The van der Waals surface area contributed by atoms with Crippen LogP contribution in [0.1, 0.15) is 35.6 Å². The first-order valence-electron chi connectivity index (χ1n) is 9.87. The molecule has 1 atom stereocenters. The quantitative estimate of drug-likeness (QED) is 0.809. The molecule has 1 unspecified atom stereocenters. The number of carbonyl (C=O) groups is 1. The van der Waals surface area contributed by atoms with Gasteiger partial charge in [0.2, 0.25) is 10.0 Å². The number of halogens is 2. The molecule has 1 N–H and O–H groups in total. The molecule has 0 aliphatic heterocycles. The van der Waals surface area contributed by atoms with Crippen LogP contribution in [0.15, 0.2) is 29.8 Å². The molecule has 1 aromatic carbocycles. The van der Waals surface area contributed by atoms with Gasteiger partial charge in [0.25, 0.3) is 0 Å². The molecule has 0 saturated heterocycles. The lowest BCUT2D eigenvalue weighted by atomic mass is 9.99. The molecule has 1 aromatic rings. The summed E-state index contributed by atoms with van der Waals surface area (Å²) in [5.41, 5.74) is -1.58. The van der Waals surface area contributed by atoms with E-state index >= 15 is 0 Å². The molecule has 2 rings (SSSR count). The van der Waals surface area contributed by atoms with Crippen molar-refractivity contribution >= 4 is 33.3 Å². The van der Waals surface area contributed by atoms with Gasteiger partial charge >= 0.3 is 5.97 Å². The van der Waals surface area contributed by atoms with Crippen LogP contribution < -0.4 is 4.72 Å². The second-order valence-corrected chi connectivity index (χ2v) is 6.48. The molecular formula is C15H17ClFNO4S. The van der Waals surface area contributed by atoms with Crippen molar-refractivity contribution in [3.05, 3.63) is 40.7 Å². The molecule has 23 heavy (non-hydrogen) atoms. The van der Waals surface area contributed by atoms with E-state index in [-0.39, 0.29) is 6.61 Å². The van der Waals surface area contributed by atoms with Crippen molar-refractivity contribution in [1.82, 2.24) is 0 Å². The highest BCUT2D eigenvalue weighted by molar-refractivity contribution is 7.93. The van der Waals surface area contributed by atoms with Gasteiger partial charge in [-0.1, -0.05) is 17.7 Å². The molecule has 0 radical (unpaired) electrons. The summed E-state index contributed by atoms with van der Waals surface area (Å²) in [6.07, 6.45) is -10.4. The van der Waals surface area contributed by atoms with Gasteiger partial charge in [0.1, 0.15) is 11.1 Å². The molecule has 8 heteroatoms. The second kappa shape index (κ2) is 7.31. The summed E-state index contributed by atoms with van der Waals surface area (Å²) in [4.78, 5) is 12.4. The monoisotopic (exact) mass is 368 g/mol. The van der Waals surface area contributed by atoms with Crippen LogP contribution in [0.5, 0.6) is 0 Å². The Morgan fingerprint density at radius 2 is 2.35 bits per heavy atom. The largest absolute Gasteiger partial charge is 0.463 e. The maximum absolute atomic E-state index is 13.2. The van der Waals surface area contributed by atoms with Crippen LogP contribution in [-0.2, 0) is 19.6 Å². The molecule has 0 aromatic heterocycles. The van der Waals surface area contributed by atoms with E-state index in [0.29, 0.717) is 0 Å². The van der Waals surface area contributed by atoms with Gasteiger partial charge in [0.05, 0.1) is 24.3 Å². The molecule has 1 aliphatic carbocycles. The van der Waals surface area contributed by atoms with Crippen LogP contribution in [-0.4, -0.2) is 26.2 Å². The van der Waals surface area contributed by atoms with Gasteiger partial charge in [-0.25, -0.2) is 17.6 Å². The first kappa shape index (κ1) is 10.3. The number of esters is 1. The summed E-state index contributed by atoms with van der Waals surface area (Å²) in [5.74, 6) is -2.27. The van der Waals surface area contributed by atoms with Gasteiger partial charge in [0.15, 0.2) is 0 Å². The number of anilines is 1. The van der Waals surface area contributed by atoms with Crippen molar-refractivity contribution in [2.45, 2.75) is 31.3 Å². The molecule has 126 valence electrons. The maximum atomic E-state index is 13.2. The Bertz CT molecular complexity index is 1020. The van der Waals surface area contributed by atoms with E-state index in [1.165, 1.54) is 6.92 Å². The average Bonchev–Trinajstić information content (AvgIpc) is 2.59. The predicted octanol–water partition coefficient (Wildman–Crippen LogP) is 3.26. The predicted molar refractivity (Wildman–Crippen MR) is 86.3 cm³/mol. The molecule has 0 bridgehead atoms. The zero-order chi connectivity index (χ0) is 23.3. The van der Waals surface area contributed by atoms with Crippen LogP contribution >= 0.6 is 11.6 Å². The van der Waals surface area contributed by atoms with Gasteiger partial charge in [0, 0.05) is 8.22 Å². The van der Waals surface area contributed by atoms with Crippen molar-refractivity contribution in [2.75, 3.05) is 11.3 Å². The van der Waals surface area contributed by atoms with E-state index in [2.05, 4.69) is 4.74 Å². The number of ether oxygens (including phenoxy) is 1. The highest BCUT2D eigenvalue weighted by atomic mass is 35.5. The number of carbonyl (C=O) groups excluding carboxylic acids is 1. The Morgan fingerprint density at radius 3 is 3.00 bits per heavy atom. The first-order chi connectivity index (χ1) is 13.5. The zero-order valence-electron chi connectivity index (χ0n) is 18.8. The number of hydrogen-bond donors (Lipinski definition) is 1. The van der Waals surface area contributed by atoms with E-state index in [1.54, 1.807) is 0 Å². The Labute approximate surface area is 149 Å². The third-order valence-corrected chi connectivity index (χ3v) is 4.51. The molecule has 0 fully saturated rings. The number of benzene rings is 1. The third kappa shape index (κ3) is 4.23. The van der Waals surface area contributed by atoms with Crippen LogP contribution in [0, 0.1) is 5.82 Å². The lowest BCUT2D eigenvalue weighted by Gasteiger charge is -2.24. The molecule has 0 spiro atoms. The molecule has 1 aliphatic rings. The minimum absolute atomic E-state index is 0.293. The molecule has 5 nitrogen and oxygen atoms in total. The SMILES string of the molecule is [2H]C1=C(C(=O)OCC)C(S(=O)(=O)Nc2ccc(F)cc2Cl)C([2H])([2H])C([2H])([2H])C1([2H])[2H]. The molecule has 0 heterocycles. The van der Waals surface area contributed by atoms with E-state index < -0.39 is 68.5 Å². The van der Waals surface area contributed by atoms with Crippen molar-refractivity contribution < 1.29 is 31.9 Å². The van der Waals surface area contributed by atoms with Crippen LogP contribution in [0.25, 0.3) is 0 Å². The van der Waals surface area contributed by atoms with Gasteiger partial charge in [-0.2, -0.15) is 0 Å². The summed E-state index contributed by atoms with van der Waals surface area (Å²) in [7, 11) is -5.06. The second-order valence-electron chi connectivity index (χ2n) is 4.30. The summed E-state index contributed by atoms with van der Waals surface area (Å²) in [6.45, 7) is 1.06. The summed E-state index contributed by atoms with van der Waals surface area (Å²) in [5, 5.41) is -3.07. The number of nitrogens with one attached hydrogen (secondary N) is 1. The molecule has 0 amide bonds. The Balaban J connectivity index is 2.76. The van der Waals surface area contributed by atoms with E-state index in [1.807, 2.05) is 4.72 Å². The zero-order valence-corrected chi connectivity index (χ0v) is 13.4. The van der Waals surface area contributed by atoms with Crippen LogP contribution in [0.2, 0.25) is 5.02 Å². The van der Waals surface area contributed by atoms with Crippen molar-refractivity contribution in [1.29, 1.82) is 0 Å². The fraction of sp³-hybridized carbons (Fsp3) is 0.400. The number of hydrogen-bond acceptors (Lipinski definition) is 4. The fourth-order valence-electron chi connectivity index (χ4n) is 1.72. The van der Waals surface area contributed by atoms with Gasteiger partial charge in [-0.15, -0.1) is 0 Å². The molecule has 0 saturated carbocycles. The van der Waals surface area contributed by atoms with Crippen molar-refractivity contribution in [3.63, 3.8) is 0 Å². The Hall–Kier alpha value is -1.60. The average molecular weight is 369 g/mol. The summed E-state index contributed by atoms with van der Waals surface area (Å²) in [6, 6.07) is 1.19. The van der Waals surface area contributed by atoms with E-state index in [9.17, 15) is 17.6 Å². The van der Waals surface area contributed by atoms with Gasteiger partial charge in [-0.3, -0.25) is 4.72 Å². The lowest BCUT2D eigenvalue weighted by molar-refractivity contribution is -0.138. The van der Waals surface area contributed by atoms with E-state index in [0.717, 1.165) is 18.2 Å². The highest BCUT2D eigenvalue weighted by Crippen LogP contribution is 2.30. The number of allylic oxidation sites excluding steroid dienone is 1. The maximum Gasteiger partial charge on any atom is 0.335 e. The van der Waals surface area contributed by atoms with Crippen LogP contribution in [0.4, 0.5) is 10.1 Å². The summed E-state index contributed by atoms with van der Waals surface area (Å²) >= 11 is 5.79. The smallest absolute Gasteiger partial charge is 0.335 e. The highest BCUT2D eigenvalue weighted by Gasteiger charge is 2.35. The Morgan fingerprint density at radius 1 is 1.61 bits per heavy atom. The summed E-state index contributed by atoms with van der Waals surface area (Å²) < 4.78 is 102. The van der Waals surface area contributed by atoms with Crippen LogP contribution in [0.3, 0.4) is 0 Å². The van der Waals surface area contributed by atoms with Gasteiger partial charge in [-0.05, 0) is 44.2 Å². The normalized spacial score (nSPS) is 29.7. The van der Waals surface area contributed by atoms with Crippen molar-refractivity contribution in [3.8, 4) is 0 Å². The van der Waals surface area contributed by atoms with Crippen molar-refractivity contribution in [2.24, 2.45) is 0 Å². The van der Waals surface area contributed by atoms with Gasteiger partial charge < -0.3 is 4.74 Å². The lowest BCUT2D eigenvalue weighted by Crippen LogP contribution is -2.34. The standard InChI is InChI=1S/C15H17ClFNO4S/c1-2-22-15(19)11-5-3-4-6-14(11)23(20,21)18-13-8-7-10(17)9-12(13)16/h5,7-9,14,18H,2-4,6H2,1H3/i3D2,4D2,5D,6D2. The minimum atomic E-state index is -5.06. The number of sulfonamides is 1. The van der Waals surface area contributed by atoms with E-state index in [4.69, 9.17) is 21.2 Å². The fourth-order valence-corrected chi connectivity index (χ4v) is 3.27. The number of rotatable bonds is 5. The first-order valence-corrected chi connectivity index (χ1v) is 8.29. The Kier molecular flexibility index (Phi) is 3.28.